The van der Waals surface area contributed by atoms with Crippen LogP contribution in [0.2, 0.25) is 0 Å². The zero-order chi connectivity index (χ0) is 18.2. The molecular weight excluding hydrogens is 330 g/mol. The van der Waals surface area contributed by atoms with E-state index in [1.54, 1.807) is 32.9 Å². The van der Waals surface area contributed by atoms with E-state index in [1.165, 1.54) is 11.8 Å². The summed E-state index contributed by atoms with van der Waals surface area (Å²) in [5.41, 5.74) is 5.29. The van der Waals surface area contributed by atoms with Crippen LogP contribution in [0, 0.1) is 0 Å². The number of carbonyl (C=O) groups excluding carboxylic acids is 3. The van der Waals surface area contributed by atoms with Crippen LogP contribution in [-0.4, -0.2) is 41.1 Å². The zero-order valence-corrected chi connectivity index (χ0v) is 14.8. The van der Waals surface area contributed by atoms with Crippen LogP contribution in [0.1, 0.15) is 20.8 Å². The number of alkyl carbamates (subject to hydrolysis) is 1. The summed E-state index contributed by atoms with van der Waals surface area (Å²) in [6.45, 7) is 5.15. The van der Waals surface area contributed by atoms with Gasteiger partial charge >= 0.3 is 6.09 Å². The van der Waals surface area contributed by atoms with Crippen molar-refractivity contribution in [2.24, 2.45) is 5.73 Å². The Morgan fingerprint density at radius 3 is 2.38 bits per heavy atom. The standard InChI is InChI=1S/C16H23N3O4S/c1-16(2,3)23-15(22)19-12(14(17)21)9-24-10-13(20)18-11-7-5-4-6-8-11/h4-8,12H,9-10H2,1-3H3,(H2,17,21)(H,18,20)(H,19,22)/t12-/m0/s1. The monoisotopic (exact) mass is 353 g/mol. The van der Waals surface area contributed by atoms with E-state index >= 15 is 0 Å². The Balaban J connectivity index is 2.39. The fourth-order valence-electron chi connectivity index (χ4n) is 1.63. The average molecular weight is 353 g/mol. The van der Waals surface area contributed by atoms with Gasteiger partial charge < -0.3 is 21.1 Å². The summed E-state index contributed by atoms with van der Waals surface area (Å²) >= 11 is 1.19. The third-order valence-electron chi connectivity index (χ3n) is 2.61. The molecule has 0 unspecified atom stereocenters. The van der Waals surface area contributed by atoms with Gasteiger partial charge in [0, 0.05) is 11.4 Å². The molecule has 1 aromatic carbocycles. The number of hydrogen-bond donors (Lipinski definition) is 3. The van der Waals surface area contributed by atoms with Gasteiger partial charge in [-0.3, -0.25) is 9.59 Å². The van der Waals surface area contributed by atoms with Crippen LogP contribution < -0.4 is 16.4 Å². The molecule has 8 heteroatoms. The predicted molar refractivity (Wildman–Crippen MR) is 94.7 cm³/mol. The van der Waals surface area contributed by atoms with E-state index < -0.39 is 23.6 Å². The minimum atomic E-state index is -0.908. The smallest absolute Gasteiger partial charge is 0.408 e. The summed E-state index contributed by atoms with van der Waals surface area (Å²) in [4.78, 5) is 34.9. The molecule has 0 bridgehead atoms. The van der Waals surface area contributed by atoms with Crippen LogP contribution in [0.3, 0.4) is 0 Å². The lowest BCUT2D eigenvalue weighted by molar-refractivity contribution is -0.119. The first-order chi connectivity index (χ1) is 11.2. The Kier molecular flexibility index (Phi) is 7.57. The Bertz CT molecular complexity index is 572. The molecular formula is C16H23N3O4S. The lowest BCUT2D eigenvalue weighted by atomic mass is 10.2. The number of hydrogen-bond acceptors (Lipinski definition) is 5. The number of carbonyl (C=O) groups is 3. The van der Waals surface area contributed by atoms with E-state index in [2.05, 4.69) is 10.6 Å². The number of para-hydroxylation sites is 1. The van der Waals surface area contributed by atoms with Crippen molar-refractivity contribution in [1.29, 1.82) is 0 Å². The molecule has 1 rings (SSSR count). The topological polar surface area (TPSA) is 111 Å². The molecule has 1 aromatic rings. The molecule has 4 N–H and O–H groups in total. The molecule has 0 heterocycles. The van der Waals surface area contributed by atoms with Gasteiger partial charge in [0.1, 0.15) is 11.6 Å². The van der Waals surface area contributed by atoms with Gasteiger partial charge in [0.2, 0.25) is 11.8 Å². The highest BCUT2D eigenvalue weighted by molar-refractivity contribution is 8.00. The molecule has 3 amide bonds. The SMILES string of the molecule is CC(C)(C)OC(=O)N[C@@H](CSCC(=O)Nc1ccccc1)C(N)=O. The second-order valence-corrected chi connectivity index (χ2v) is 7.06. The number of primary amides is 1. The van der Waals surface area contributed by atoms with Crippen LogP contribution in [0.15, 0.2) is 30.3 Å². The maximum absolute atomic E-state index is 11.8. The molecule has 24 heavy (non-hydrogen) atoms. The number of amides is 3. The highest BCUT2D eigenvalue weighted by Crippen LogP contribution is 2.10. The van der Waals surface area contributed by atoms with Gasteiger partial charge in [-0.1, -0.05) is 18.2 Å². The van der Waals surface area contributed by atoms with Crippen molar-refractivity contribution >= 4 is 35.4 Å². The van der Waals surface area contributed by atoms with Gasteiger partial charge in [0.15, 0.2) is 0 Å². The summed E-state index contributed by atoms with van der Waals surface area (Å²) in [6.07, 6.45) is -0.722. The third-order valence-corrected chi connectivity index (χ3v) is 3.64. The quantitative estimate of drug-likeness (QED) is 0.691. The Morgan fingerprint density at radius 1 is 1.21 bits per heavy atom. The first-order valence-corrected chi connectivity index (χ1v) is 8.54. The van der Waals surface area contributed by atoms with Crippen molar-refractivity contribution in [3.63, 3.8) is 0 Å². The minimum absolute atomic E-state index is 0.134. The fraction of sp³-hybridized carbons (Fsp3) is 0.438. The molecule has 0 aromatic heterocycles. The predicted octanol–water partition coefficient (Wildman–Crippen LogP) is 1.74. The number of thioether (sulfide) groups is 1. The van der Waals surface area contributed by atoms with Crippen molar-refractivity contribution in [1.82, 2.24) is 5.32 Å². The summed E-state index contributed by atoms with van der Waals surface area (Å²) in [5.74, 6) is -0.575. The number of ether oxygens (including phenoxy) is 1. The van der Waals surface area contributed by atoms with E-state index in [-0.39, 0.29) is 17.4 Å². The molecule has 7 nitrogen and oxygen atoms in total. The number of rotatable bonds is 7. The average Bonchev–Trinajstić information content (AvgIpc) is 2.45. The summed E-state index contributed by atoms with van der Waals surface area (Å²) < 4.78 is 5.08. The maximum Gasteiger partial charge on any atom is 0.408 e. The fourth-order valence-corrected chi connectivity index (χ4v) is 2.49. The highest BCUT2D eigenvalue weighted by atomic mass is 32.2. The second kappa shape index (κ2) is 9.17. The number of anilines is 1. The van der Waals surface area contributed by atoms with E-state index in [4.69, 9.17) is 10.5 Å². The first-order valence-electron chi connectivity index (χ1n) is 7.39. The number of nitrogens with two attached hydrogens (primary N) is 1. The molecule has 0 aliphatic heterocycles. The largest absolute Gasteiger partial charge is 0.444 e. The van der Waals surface area contributed by atoms with E-state index in [0.717, 1.165) is 0 Å². The van der Waals surface area contributed by atoms with Crippen LogP contribution in [-0.2, 0) is 14.3 Å². The number of benzene rings is 1. The molecule has 0 aliphatic rings. The van der Waals surface area contributed by atoms with Gasteiger partial charge in [0.05, 0.1) is 5.75 Å². The van der Waals surface area contributed by atoms with Crippen molar-refractivity contribution in [2.75, 3.05) is 16.8 Å². The van der Waals surface area contributed by atoms with Crippen LogP contribution in [0.4, 0.5) is 10.5 Å². The summed E-state index contributed by atoms with van der Waals surface area (Å²) in [5, 5.41) is 5.14. The van der Waals surface area contributed by atoms with E-state index in [0.29, 0.717) is 5.69 Å². The minimum Gasteiger partial charge on any atom is -0.444 e. The van der Waals surface area contributed by atoms with Gasteiger partial charge in [-0.2, -0.15) is 0 Å². The van der Waals surface area contributed by atoms with Crippen molar-refractivity contribution in [2.45, 2.75) is 32.4 Å². The summed E-state index contributed by atoms with van der Waals surface area (Å²) in [7, 11) is 0. The lowest BCUT2D eigenvalue weighted by Crippen LogP contribution is -2.47. The summed E-state index contributed by atoms with van der Waals surface area (Å²) in [6, 6.07) is 8.13. The normalized spacial score (nSPS) is 12.1. The Hall–Kier alpha value is -2.22. The van der Waals surface area contributed by atoms with Gasteiger partial charge in [-0.05, 0) is 32.9 Å². The molecule has 0 fully saturated rings. The first kappa shape index (κ1) is 19.8. The molecule has 0 radical (unpaired) electrons. The Labute approximate surface area is 145 Å². The van der Waals surface area contributed by atoms with Gasteiger partial charge in [0.25, 0.3) is 0 Å². The van der Waals surface area contributed by atoms with Gasteiger partial charge in [-0.25, -0.2) is 4.79 Å². The maximum atomic E-state index is 11.8. The van der Waals surface area contributed by atoms with Gasteiger partial charge in [-0.15, -0.1) is 11.8 Å². The Morgan fingerprint density at radius 2 is 1.83 bits per heavy atom. The van der Waals surface area contributed by atoms with Crippen molar-refractivity contribution < 1.29 is 19.1 Å². The van der Waals surface area contributed by atoms with Crippen LogP contribution >= 0.6 is 11.8 Å². The van der Waals surface area contributed by atoms with Crippen molar-refractivity contribution in [3.8, 4) is 0 Å². The van der Waals surface area contributed by atoms with Crippen LogP contribution in [0.5, 0.6) is 0 Å². The van der Waals surface area contributed by atoms with E-state index in [1.807, 2.05) is 18.2 Å². The lowest BCUT2D eigenvalue weighted by Gasteiger charge is -2.22. The molecule has 1 atom stereocenters. The zero-order valence-electron chi connectivity index (χ0n) is 14.0. The molecule has 132 valence electrons. The van der Waals surface area contributed by atoms with Crippen molar-refractivity contribution in [3.05, 3.63) is 30.3 Å². The third kappa shape index (κ3) is 8.42. The molecule has 0 aliphatic carbocycles. The van der Waals surface area contributed by atoms with Crippen LogP contribution in [0.25, 0.3) is 0 Å². The molecule has 0 saturated heterocycles. The number of nitrogens with one attached hydrogen (secondary N) is 2. The molecule has 0 saturated carbocycles. The van der Waals surface area contributed by atoms with E-state index in [9.17, 15) is 14.4 Å². The molecule has 0 spiro atoms. The highest BCUT2D eigenvalue weighted by Gasteiger charge is 2.22. The second-order valence-electron chi connectivity index (χ2n) is 6.03.